The number of benzene rings is 2. The molecule has 1 unspecified atom stereocenters. The lowest BCUT2D eigenvalue weighted by molar-refractivity contribution is -0.0556. The van der Waals surface area contributed by atoms with Gasteiger partial charge in [-0.1, -0.05) is 18.2 Å². The van der Waals surface area contributed by atoms with Crippen LogP contribution in [0.25, 0.3) is 10.9 Å². The van der Waals surface area contributed by atoms with E-state index in [0.717, 1.165) is 5.39 Å². The Labute approximate surface area is 184 Å². The van der Waals surface area contributed by atoms with Gasteiger partial charge in [0.05, 0.1) is 18.7 Å². The monoisotopic (exact) mass is 445 g/mol. The summed E-state index contributed by atoms with van der Waals surface area (Å²) in [6.45, 7) is 4.12. The standard InChI is InChI=1S/C23H25F2N3O4/c1-14(16-4-3-5-17(10-16)23(24,25)13-29)26-22-18-11-20-21(12-19(18)27-15(2)28-22)32-9-7-30-6-8-31-20/h3-5,10-12,14,29H,6-9,13H2,1-2H3,(H,26,27,28). The van der Waals surface area contributed by atoms with E-state index in [2.05, 4.69) is 15.3 Å². The molecule has 170 valence electrons. The van der Waals surface area contributed by atoms with E-state index in [9.17, 15) is 8.78 Å². The van der Waals surface area contributed by atoms with Crippen molar-refractivity contribution >= 4 is 16.7 Å². The number of aliphatic hydroxyl groups excluding tert-OH is 1. The van der Waals surface area contributed by atoms with Gasteiger partial charge < -0.3 is 24.6 Å². The number of halogens is 2. The predicted octanol–water partition coefficient (Wildman–Crippen LogP) is 3.98. The average molecular weight is 445 g/mol. The molecule has 0 aliphatic carbocycles. The number of ether oxygens (including phenoxy) is 3. The molecule has 2 aromatic carbocycles. The molecule has 0 fully saturated rings. The van der Waals surface area contributed by atoms with Crippen LogP contribution in [0.15, 0.2) is 36.4 Å². The van der Waals surface area contributed by atoms with E-state index in [1.165, 1.54) is 12.1 Å². The maximum atomic E-state index is 13.9. The highest BCUT2D eigenvalue weighted by molar-refractivity contribution is 5.92. The van der Waals surface area contributed by atoms with E-state index >= 15 is 0 Å². The van der Waals surface area contributed by atoms with Gasteiger partial charge in [0, 0.05) is 23.1 Å². The first-order valence-electron chi connectivity index (χ1n) is 10.4. The van der Waals surface area contributed by atoms with Crippen molar-refractivity contribution < 1.29 is 28.1 Å². The highest BCUT2D eigenvalue weighted by Gasteiger charge is 2.30. The zero-order valence-corrected chi connectivity index (χ0v) is 17.9. The number of rotatable bonds is 5. The van der Waals surface area contributed by atoms with Gasteiger partial charge in [-0.2, -0.15) is 8.78 Å². The van der Waals surface area contributed by atoms with Gasteiger partial charge in [0.1, 0.15) is 31.5 Å². The van der Waals surface area contributed by atoms with Gasteiger partial charge in [-0.25, -0.2) is 9.97 Å². The third-order valence-electron chi connectivity index (χ3n) is 5.20. The van der Waals surface area contributed by atoms with E-state index in [0.29, 0.717) is 60.6 Å². The fourth-order valence-corrected chi connectivity index (χ4v) is 3.53. The minimum absolute atomic E-state index is 0.236. The van der Waals surface area contributed by atoms with Gasteiger partial charge in [-0.05, 0) is 31.5 Å². The zero-order chi connectivity index (χ0) is 22.7. The molecule has 7 nitrogen and oxygen atoms in total. The van der Waals surface area contributed by atoms with Crippen LogP contribution < -0.4 is 14.8 Å². The quantitative estimate of drug-likeness (QED) is 0.614. The molecule has 2 N–H and O–H groups in total. The average Bonchev–Trinajstić information content (AvgIpc) is 2.89. The second kappa shape index (κ2) is 9.22. The number of aliphatic hydroxyl groups is 1. The molecular weight excluding hydrogens is 420 g/mol. The smallest absolute Gasteiger partial charge is 0.295 e. The number of nitrogens with zero attached hydrogens (tertiary/aromatic N) is 2. The van der Waals surface area contributed by atoms with Crippen LogP contribution in [0.3, 0.4) is 0 Å². The molecule has 32 heavy (non-hydrogen) atoms. The van der Waals surface area contributed by atoms with Crippen molar-refractivity contribution in [2.24, 2.45) is 0 Å². The summed E-state index contributed by atoms with van der Waals surface area (Å²) in [7, 11) is 0. The van der Waals surface area contributed by atoms with E-state index in [1.54, 1.807) is 19.1 Å². The topological polar surface area (TPSA) is 85.7 Å². The van der Waals surface area contributed by atoms with Crippen LogP contribution in [0.2, 0.25) is 0 Å². The van der Waals surface area contributed by atoms with Crippen LogP contribution in [0.4, 0.5) is 14.6 Å². The van der Waals surface area contributed by atoms with Gasteiger partial charge in [0.25, 0.3) is 5.92 Å². The van der Waals surface area contributed by atoms with E-state index in [4.69, 9.17) is 19.3 Å². The van der Waals surface area contributed by atoms with E-state index < -0.39 is 12.5 Å². The van der Waals surface area contributed by atoms with E-state index in [1.807, 2.05) is 19.1 Å². The Morgan fingerprint density at radius 2 is 1.78 bits per heavy atom. The number of aryl methyl sites for hydroxylation is 1. The van der Waals surface area contributed by atoms with Crippen LogP contribution in [0.5, 0.6) is 11.5 Å². The molecule has 0 spiro atoms. The van der Waals surface area contributed by atoms with Crippen molar-refractivity contribution in [2.45, 2.75) is 25.8 Å². The summed E-state index contributed by atoms with van der Waals surface area (Å²) in [6, 6.07) is 9.29. The normalized spacial score (nSPS) is 15.5. The van der Waals surface area contributed by atoms with Crippen LogP contribution in [-0.4, -0.2) is 48.1 Å². The fraction of sp³-hybridized carbons (Fsp3) is 0.391. The fourth-order valence-electron chi connectivity index (χ4n) is 3.53. The highest BCUT2D eigenvalue weighted by atomic mass is 19.3. The Kier molecular flexibility index (Phi) is 6.38. The molecule has 0 saturated heterocycles. The van der Waals surface area contributed by atoms with Crippen LogP contribution >= 0.6 is 0 Å². The SMILES string of the molecule is Cc1nc(NC(C)c2cccc(C(F)(F)CO)c2)c2cc3c(cc2n1)OCCOCCO3. The summed E-state index contributed by atoms with van der Waals surface area (Å²) < 4.78 is 44.9. The van der Waals surface area contributed by atoms with Crippen molar-refractivity contribution in [3.8, 4) is 11.5 Å². The summed E-state index contributed by atoms with van der Waals surface area (Å²) in [5.41, 5.74) is 1.08. The summed E-state index contributed by atoms with van der Waals surface area (Å²) in [5.74, 6) is -1.04. The number of fused-ring (bicyclic) bond motifs is 2. The number of alkyl halides is 2. The Balaban J connectivity index is 1.69. The summed E-state index contributed by atoms with van der Waals surface area (Å²) in [5, 5.41) is 13.0. The maximum absolute atomic E-state index is 13.9. The molecule has 2 heterocycles. The van der Waals surface area contributed by atoms with Crippen molar-refractivity contribution in [1.82, 2.24) is 9.97 Å². The molecule has 0 radical (unpaired) electrons. The van der Waals surface area contributed by atoms with Crippen molar-refractivity contribution in [3.05, 3.63) is 53.3 Å². The zero-order valence-electron chi connectivity index (χ0n) is 17.9. The van der Waals surface area contributed by atoms with Gasteiger partial charge >= 0.3 is 0 Å². The summed E-state index contributed by atoms with van der Waals surface area (Å²) in [6.07, 6.45) is 0. The molecule has 3 aromatic rings. The molecular formula is C23H25F2N3O4. The molecule has 1 aliphatic rings. The van der Waals surface area contributed by atoms with Crippen LogP contribution in [0.1, 0.15) is 29.9 Å². The molecule has 9 heteroatoms. The third-order valence-corrected chi connectivity index (χ3v) is 5.20. The van der Waals surface area contributed by atoms with Crippen molar-refractivity contribution in [2.75, 3.05) is 38.4 Å². The van der Waals surface area contributed by atoms with Crippen LogP contribution in [0, 0.1) is 6.92 Å². The van der Waals surface area contributed by atoms with Gasteiger partial charge in [-0.15, -0.1) is 0 Å². The number of hydrogen-bond acceptors (Lipinski definition) is 7. The lowest BCUT2D eigenvalue weighted by Crippen LogP contribution is -2.19. The Morgan fingerprint density at radius 1 is 1.06 bits per heavy atom. The number of anilines is 1. The maximum Gasteiger partial charge on any atom is 0.295 e. The molecule has 1 atom stereocenters. The van der Waals surface area contributed by atoms with E-state index in [-0.39, 0.29) is 11.6 Å². The van der Waals surface area contributed by atoms with Crippen molar-refractivity contribution in [1.29, 1.82) is 0 Å². The predicted molar refractivity (Wildman–Crippen MR) is 116 cm³/mol. The Hall–Kier alpha value is -3.04. The van der Waals surface area contributed by atoms with Gasteiger partial charge in [-0.3, -0.25) is 0 Å². The minimum Gasteiger partial charge on any atom is -0.487 e. The molecule has 4 rings (SSSR count). The molecule has 0 amide bonds. The first-order valence-corrected chi connectivity index (χ1v) is 10.4. The molecule has 0 saturated carbocycles. The Bertz CT molecular complexity index is 1110. The van der Waals surface area contributed by atoms with Gasteiger partial charge in [0.2, 0.25) is 0 Å². The summed E-state index contributed by atoms with van der Waals surface area (Å²) in [4.78, 5) is 9.05. The third kappa shape index (κ3) is 4.73. The van der Waals surface area contributed by atoms with Gasteiger partial charge in [0.15, 0.2) is 11.5 Å². The minimum atomic E-state index is -3.30. The number of nitrogens with one attached hydrogen (secondary N) is 1. The summed E-state index contributed by atoms with van der Waals surface area (Å²) >= 11 is 0. The molecule has 1 aliphatic heterocycles. The number of hydrogen-bond donors (Lipinski definition) is 2. The highest BCUT2D eigenvalue weighted by Crippen LogP contribution is 2.36. The lowest BCUT2D eigenvalue weighted by atomic mass is 10.0. The molecule has 1 aromatic heterocycles. The molecule has 0 bridgehead atoms. The second-order valence-electron chi connectivity index (χ2n) is 7.60. The Morgan fingerprint density at radius 3 is 2.50 bits per heavy atom. The van der Waals surface area contributed by atoms with Crippen molar-refractivity contribution in [3.63, 3.8) is 0 Å². The first-order chi connectivity index (χ1) is 15.4. The number of aromatic nitrogens is 2. The largest absolute Gasteiger partial charge is 0.487 e. The van der Waals surface area contributed by atoms with Crippen LogP contribution in [-0.2, 0) is 10.7 Å². The first kappa shape index (κ1) is 22.2. The lowest BCUT2D eigenvalue weighted by Gasteiger charge is -2.20. The second-order valence-corrected chi connectivity index (χ2v) is 7.60.